The number of halogens is 5. The van der Waals surface area contributed by atoms with Gasteiger partial charge in [-0.15, -0.1) is 0 Å². The molecule has 3 aromatic heterocycles. The predicted octanol–water partition coefficient (Wildman–Crippen LogP) is 3.55. The van der Waals surface area contributed by atoms with Gasteiger partial charge in [0.1, 0.15) is 11.3 Å². The Labute approximate surface area is 147 Å². The van der Waals surface area contributed by atoms with E-state index >= 15 is 0 Å². The van der Waals surface area contributed by atoms with E-state index in [4.69, 9.17) is 0 Å². The summed E-state index contributed by atoms with van der Waals surface area (Å²) >= 11 is 0. The summed E-state index contributed by atoms with van der Waals surface area (Å²) in [6.07, 6.45) is -3.64. The van der Waals surface area contributed by atoms with Crippen LogP contribution in [0.5, 0.6) is 0 Å². The number of aromatic nitrogens is 4. The van der Waals surface area contributed by atoms with Crippen LogP contribution in [0.15, 0.2) is 41.3 Å². The molecule has 4 rings (SSSR count). The summed E-state index contributed by atoms with van der Waals surface area (Å²) in [5.41, 5.74) is -1.24. The highest BCUT2D eigenvalue weighted by Crippen LogP contribution is 2.30. The molecule has 0 aliphatic heterocycles. The van der Waals surface area contributed by atoms with Crippen LogP contribution < -0.4 is 5.56 Å². The summed E-state index contributed by atoms with van der Waals surface area (Å²) in [5.74, 6) is -2.35. The molecule has 0 atom stereocenters. The van der Waals surface area contributed by atoms with Gasteiger partial charge in [0.2, 0.25) is 0 Å². The van der Waals surface area contributed by atoms with E-state index < -0.39 is 29.1 Å². The van der Waals surface area contributed by atoms with Crippen molar-refractivity contribution >= 4 is 16.6 Å². The first-order valence-corrected chi connectivity index (χ1v) is 7.58. The summed E-state index contributed by atoms with van der Waals surface area (Å²) in [6.45, 7) is 0. The Hall–Kier alpha value is -3.30. The van der Waals surface area contributed by atoms with Gasteiger partial charge in [0.25, 0.3) is 5.56 Å². The maximum absolute atomic E-state index is 13.7. The average Bonchev–Trinajstić information content (AvgIpc) is 3.06. The van der Waals surface area contributed by atoms with Crippen LogP contribution in [0.4, 0.5) is 22.0 Å². The Bertz CT molecular complexity index is 1270. The van der Waals surface area contributed by atoms with Crippen molar-refractivity contribution in [1.82, 2.24) is 19.2 Å². The minimum atomic E-state index is -4.63. The third-order valence-corrected chi connectivity index (χ3v) is 4.18. The number of rotatable bonds is 1. The highest BCUT2D eigenvalue weighted by atomic mass is 19.4. The molecule has 0 saturated carbocycles. The van der Waals surface area contributed by atoms with Crippen LogP contribution in [-0.4, -0.2) is 19.2 Å². The largest absolute Gasteiger partial charge is 0.433 e. The van der Waals surface area contributed by atoms with Crippen LogP contribution in [0.2, 0.25) is 0 Å². The van der Waals surface area contributed by atoms with E-state index in [0.717, 1.165) is 29.0 Å². The second-order valence-corrected chi connectivity index (χ2v) is 5.87. The summed E-state index contributed by atoms with van der Waals surface area (Å²) in [4.78, 5) is 15.7. The first-order valence-electron chi connectivity index (χ1n) is 7.58. The van der Waals surface area contributed by atoms with E-state index in [-0.39, 0.29) is 27.8 Å². The van der Waals surface area contributed by atoms with E-state index in [1.807, 2.05) is 0 Å². The van der Waals surface area contributed by atoms with Crippen LogP contribution in [-0.2, 0) is 13.2 Å². The molecule has 4 aromatic rings. The lowest BCUT2D eigenvalue weighted by molar-refractivity contribution is -0.141. The first-order chi connectivity index (χ1) is 12.7. The van der Waals surface area contributed by atoms with Gasteiger partial charge >= 0.3 is 6.18 Å². The molecule has 0 N–H and O–H groups in total. The molecule has 0 spiro atoms. The molecule has 138 valence electrons. The van der Waals surface area contributed by atoms with Crippen LogP contribution >= 0.6 is 0 Å². The molecule has 3 heterocycles. The maximum Gasteiger partial charge on any atom is 0.433 e. The molecule has 0 amide bonds. The molecule has 0 fully saturated rings. The molecule has 10 heteroatoms. The van der Waals surface area contributed by atoms with Crippen molar-refractivity contribution in [3.63, 3.8) is 0 Å². The molecule has 1 aromatic carbocycles. The molecule has 5 nitrogen and oxygen atoms in total. The second-order valence-electron chi connectivity index (χ2n) is 5.87. The van der Waals surface area contributed by atoms with Crippen molar-refractivity contribution in [3.05, 3.63) is 64.2 Å². The van der Waals surface area contributed by atoms with Crippen LogP contribution in [0, 0.1) is 11.6 Å². The minimum absolute atomic E-state index is 0.00310. The minimum Gasteiger partial charge on any atom is -0.296 e. The van der Waals surface area contributed by atoms with E-state index in [0.29, 0.717) is 0 Å². The number of fused-ring (bicyclic) bond motifs is 3. The zero-order chi connectivity index (χ0) is 19.5. The zero-order valence-corrected chi connectivity index (χ0v) is 13.6. The molecular weight excluding hydrogens is 371 g/mol. The Kier molecular flexibility index (Phi) is 3.55. The van der Waals surface area contributed by atoms with E-state index in [2.05, 4.69) is 10.1 Å². The maximum atomic E-state index is 13.7. The van der Waals surface area contributed by atoms with Crippen molar-refractivity contribution < 1.29 is 22.0 Å². The van der Waals surface area contributed by atoms with Gasteiger partial charge < -0.3 is 0 Å². The van der Waals surface area contributed by atoms with Crippen LogP contribution in [0.1, 0.15) is 5.69 Å². The monoisotopic (exact) mass is 380 g/mol. The van der Waals surface area contributed by atoms with Gasteiger partial charge in [-0.25, -0.2) is 13.3 Å². The van der Waals surface area contributed by atoms with Crippen molar-refractivity contribution in [2.24, 2.45) is 7.05 Å². The molecule has 27 heavy (non-hydrogen) atoms. The normalized spacial score (nSPS) is 12.2. The summed E-state index contributed by atoms with van der Waals surface area (Å²) in [6, 6.07) is 5.13. The van der Waals surface area contributed by atoms with Crippen LogP contribution in [0.3, 0.4) is 0 Å². The second kappa shape index (κ2) is 5.60. The number of hydrogen-bond donors (Lipinski definition) is 0. The van der Waals surface area contributed by atoms with Gasteiger partial charge in [0.15, 0.2) is 11.6 Å². The summed E-state index contributed by atoms with van der Waals surface area (Å²) < 4.78 is 68.2. The number of benzene rings is 1. The molecule has 0 unspecified atom stereocenters. The Morgan fingerprint density at radius 3 is 2.44 bits per heavy atom. The number of pyridine rings is 1. The van der Waals surface area contributed by atoms with Gasteiger partial charge in [-0.1, -0.05) is 0 Å². The quantitative estimate of drug-likeness (QED) is 0.475. The molecule has 0 saturated heterocycles. The molecule has 0 aliphatic rings. The number of alkyl halides is 3. The van der Waals surface area contributed by atoms with E-state index in [1.54, 1.807) is 0 Å². The van der Waals surface area contributed by atoms with E-state index in [9.17, 15) is 26.7 Å². The Balaban J connectivity index is 2.03. The van der Waals surface area contributed by atoms with Crippen molar-refractivity contribution in [3.8, 4) is 11.3 Å². The van der Waals surface area contributed by atoms with Gasteiger partial charge in [0.05, 0.1) is 16.6 Å². The number of aryl methyl sites for hydroxylation is 1. The molecule has 0 aliphatic carbocycles. The highest BCUT2D eigenvalue weighted by Gasteiger charge is 2.32. The van der Waals surface area contributed by atoms with Gasteiger partial charge in [-0.05, 0) is 18.2 Å². The van der Waals surface area contributed by atoms with Gasteiger partial charge in [-0.3, -0.25) is 14.3 Å². The summed E-state index contributed by atoms with van der Waals surface area (Å²) in [7, 11) is 1.40. The van der Waals surface area contributed by atoms with E-state index in [1.165, 1.54) is 23.7 Å². The third-order valence-electron chi connectivity index (χ3n) is 4.18. The SMILES string of the molecule is Cn1c(=O)c2cc(F)c(F)cc2n2nc(-c3ccnc(C(F)(F)F)c3)cc12. The predicted molar refractivity (Wildman–Crippen MR) is 86.1 cm³/mol. The number of nitrogens with zero attached hydrogens (tertiary/aromatic N) is 4. The topological polar surface area (TPSA) is 52.2 Å². The lowest BCUT2D eigenvalue weighted by Gasteiger charge is -2.06. The molecular formula is C17H9F5N4O. The average molecular weight is 380 g/mol. The van der Waals surface area contributed by atoms with Gasteiger partial charge in [-0.2, -0.15) is 18.3 Å². The van der Waals surface area contributed by atoms with Crippen molar-refractivity contribution in [1.29, 1.82) is 0 Å². The summed E-state index contributed by atoms with van der Waals surface area (Å²) in [5, 5.41) is 4.07. The molecule has 0 bridgehead atoms. The molecule has 0 radical (unpaired) electrons. The van der Waals surface area contributed by atoms with Crippen molar-refractivity contribution in [2.75, 3.05) is 0 Å². The highest BCUT2D eigenvalue weighted by molar-refractivity contribution is 5.81. The standard InChI is InChI=1S/C17H9F5N4O/c1-25-15-7-12(8-2-3-23-14(4-8)17(20,21)22)24-26(15)13-6-11(19)10(18)5-9(13)16(25)27/h2-7H,1H3. The first kappa shape index (κ1) is 17.1. The smallest absolute Gasteiger partial charge is 0.296 e. The number of hydrogen-bond acceptors (Lipinski definition) is 3. The third kappa shape index (κ3) is 2.64. The lowest BCUT2D eigenvalue weighted by atomic mass is 10.1. The van der Waals surface area contributed by atoms with Crippen LogP contribution in [0.25, 0.3) is 27.8 Å². The Morgan fingerprint density at radius 1 is 1.04 bits per heavy atom. The fraction of sp³-hybridized carbons (Fsp3) is 0.118. The van der Waals surface area contributed by atoms with Crippen molar-refractivity contribution in [2.45, 2.75) is 6.18 Å². The lowest BCUT2D eigenvalue weighted by Crippen LogP contribution is -2.20. The van der Waals surface area contributed by atoms with Gasteiger partial charge in [0, 0.05) is 30.9 Å². The fourth-order valence-corrected chi connectivity index (χ4v) is 2.84. The fourth-order valence-electron chi connectivity index (χ4n) is 2.84. The Morgan fingerprint density at radius 2 is 1.74 bits per heavy atom. The zero-order valence-electron chi connectivity index (χ0n) is 13.6.